The Hall–Kier alpha value is -2.04. The molecule has 0 saturated heterocycles. The summed E-state index contributed by atoms with van der Waals surface area (Å²) in [5.41, 5.74) is 0.574. The summed E-state index contributed by atoms with van der Waals surface area (Å²) in [5.74, 6) is 0.235. The molecule has 0 aliphatic heterocycles. The summed E-state index contributed by atoms with van der Waals surface area (Å²) in [4.78, 5) is 24.1. The van der Waals surface area contributed by atoms with Crippen molar-refractivity contribution in [1.82, 2.24) is 4.90 Å². The Balaban J connectivity index is 2.51. The maximum atomic E-state index is 12.1. The zero-order valence-electron chi connectivity index (χ0n) is 12.8. The largest absolute Gasteiger partial charge is 0.493 e. The van der Waals surface area contributed by atoms with Gasteiger partial charge in [-0.25, -0.2) is 0 Å². The van der Waals surface area contributed by atoms with Gasteiger partial charge in [-0.3, -0.25) is 9.59 Å². The summed E-state index contributed by atoms with van der Waals surface area (Å²) in [6, 6.07) is 7.01. The van der Waals surface area contributed by atoms with E-state index in [9.17, 15) is 9.59 Å². The number of nitrogens with zero attached hydrogens (tertiary/aromatic N) is 1. The van der Waals surface area contributed by atoms with Gasteiger partial charge in [-0.1, -0.05) is 13.8 Å². The summed E-state index contributed by atoms with van der Waals surface area (Å²) in [6.45, 7) is 5.22. The molecule has 1 aromatic carbocycles. The van der Waals surface area contributed by atoms with Crippen LogP contribution in [-0.4, -0.2) is 42.1 Å². The van der Waals surface area contributed by atoms with E-state index in [0.717, 1.165) is 5.75 Å². The summed E-state index contributed by atoms with van der Waals surface area (Å²) in [5, 5.41) is 8.58. The first-order valence-corrected chi connectivity index (χ1v) is 7.10. The Morgan fingerprint density at radius 1 is 1.24 bits per heavy atom. The number of aliphatic carboxylic acids is 1. The molecule has 0 aliphatic carbocycles. The number of carbonyl (C=O) groups is 2. The smallest absolute Gasteiger partial charge is 0.303 e. The number of hydrogen-bond acceptors (Lipinski definition) is 3. The summed E-state index contributed by atoms with van der Waals surface area (Å²) < 4.78 is 5.56. The van der Waals surface area contributed by atoms with Crippen molar-refractivity contribution in [3.05, 3.63) is 29.8 Å². The van der Waals surface area contributed by atoms with Gasteiger partial charge >= 0.3 is 5.97 Å². The molecule has 0 spiro atoms. The van der Waals surface area contributed by atoms with Crippen LogP contribution in [0.15, 0.2) is 24.3 Å². The third-order valence-corrected chi connectivity index (χ3v) is 2.92. The Kier molecular flexibility index (Phi) is 6.72. The van der Waals surface area contributed by atoms with Crippen LogP contribution in [0.4, 0.5) is 0 Å². The first-order valence-electron chi connectivity index (χ1n) is 7.10. The molecule has 0 bridgehead atoms. The van der Waals surface area contributed by atoms with Gasteiger partial charge in [0.2, 0.25) is 0 Å². The Morgan fingerprint density at radius 2 is 1.86 bits per heavy atom. The topological polar surface area (TPSA) is 66.8 Å². The van der Waals surface area contributed by atoms with E-state index in [1.807, 2.05) is 0 Å². The Labute approximate surface area is 125 Å². The van der Waals surface area contributed by atoms with Crippen LogP contribution >= 0.6 is 0 Å². The molecule has 5 heteroatoms. The van der Waals surface area contributed by atoms with E-state index < -0.39 is 5.97 Å². The fourth-order valence-corrected chi connectivity index (χ4v) is 1.75. The van der Waals surface area contributed by atoms with Gasteiger partial charge in [0.15, 0.2) is 0 Å². The summed E-state index contributed by atoms with van der Waals surface area (Å²) in [6.07, 6.45) is 0.521. The second kappa shape index (κ2) is 8.29. The molecule has 0 atom stereocenters. The average molecular weight is 293 g/mol. The average Bonchev–Trinajstić information content (AvgIpc) is 2.44. The highest BCUT2D eigenvalue weighted by Gasteiger charge is 2.12. The van der Waals surface area contributed by atoms with E-state index in [-0.39, 0.29) is 12.3 Å². The van der Waals surface area contributed by atoms with Crippen LogP contribution in [0.3, 0.4) is 0 Å². The van der Waals surface area contributed by atoms with Crippen LogP contribution in [-0.2, 0) is 4.79 Å². The van der Waals surface area contributed by atoms with Gasteiger partial charge in [0.05, 0.1) is 6.61 Å². The van der Waals surface area contributed by atoms with E-state index in [0.29, 0.717) is 31.1 Å². The minimum absolute atomic E-state index is 0.0690. The summed E-state index contributed by atoms with van der Waals surface area (Å²) in [7, 11) is 1.67. The Morgan fingerprint density at radius 3 is 2.38 bits per heavy atom. The van der Waals surface area contributed by atoms with Crippen LogP contribution in [0, 0.1) is 5.92 Å². The lowest BCUT2D eigenvalue weighted by molar-refractivity contribution is -0.137. The summed E-state index contributed by atoms with van der Waals surface area (Å²) >= 11 is 0. The lowest BCUT2D eigenvalue weighted by atomic mass is 10.2. The molecule has 0 aromatic heterocycles. The van der Waals surface area contributed by atoms with Crippen LogP contribution in [0.1, 0.15) is 37.0 Å². The van der Waals surface area contributed by atoms with E-state index in [4.69, 9.17) is 9.84 Å². The monoisotopic (exact) mass is 293 g/mol. The van der Waals surface area contributed by atoms with Gasteiger partial charge < -0.3 is 14.7 Å². The van der Waals surface area contributed by atoms with Gasteiger partial charge in [0.1, 0.15) is 5.75 Å². The number of amides is 1. The molecule has 0 fully saturated rings. The third kappa shape index (κ3) is 6.29. The molecule has 116 valence electrons. The molecule has 1 rings (SSSR count). The zero-order valence-corrected chi connectivity index (χ0v) is 12.8. The lowest BCUT2D eigenvalue weighted by Crippen LogP contribution is -2.28. The first-order chi connectivity index (χ1) is 9.90. The molecule has 21 heavy (non-hydrogen) atoms. The van der Waals surface area contributed by atoms with Gasteiger partial charge in [-0.2, -0.15) is 0 Å². The van der Waals surface area contributed by atoms with Crippen LogP contribution in [0.25, 0.3) is 0 Å². The predicted octanol–water partition coefficient (Wildman–Crippen LogP) is 2.66. The number of carbonyl (C=O) groups excluding carboxylic acids is 1. The molecule has 1 aromatic rings. The van der Waals surface area contributed by atoms with Crippen molar-refractivity contribution < 1.29 is 19.4 Å². The highest BCUT2D eigenvalue weighted by atomic mass is 16.5. The SMILES string of the molecule is CC(C)COc1ccc(C(=O)N(C)CCCC(=O)O)cc1. The van der Waals surface area contributed by atoms with E-state index in [2.05, 4.69) is 13.8 Å². The number of benzene rings is 1. The molecule has 1 amide bonds. The molecule has 5 nitrogen and oxygen atoms in total. The number of hydrogen-bond donors (Lipinski definition) is 1. The highest BCUT2D eigenvalue weighted by molar-refractivity contribution is 5.94. The third-order valence-electron chi connectivity index (χ3n) is 2.92. The van der Waals surface area contributed by atoms with E-state index in [1.54, 1.807) is 31.3 Å². The van der Waals surface area contributed by atoms with Gasteiger partial charge in [0.25, 0.3) is 5.91 Å². The fraction of sp³-hybridized carbons (Fsp3) is 0.500. The molecule has 0 aliphatic rings. The maximum absolute atomic E-state index is 12.1. The normalized spacial score (nSPS) is 10.5. The molecule has 0 saturated carbocycles. The number of rotatable bonds is 8. The van der Waals surface area contributed by atoms with Crippen LogP contribution in [0.2, 0.25) is 0 Å². The van der Waals surface area contributed by atoms with E-state index in [1.165, 1.54) is 4.90 Å². The second-order valence-corrected chi connectivity index (χ2v) is 5.45. The van der Waals surface area contributed by atoms with Gasteiger partial charge in [-0.05, 0) is 36.6 Å². The van der Waals surface area contributed by atoms with Crippen molar-refractivity contribution in [1.29, 1.82) is 0 Å². The number of carboxylic acid groups (broad SMARTS) is 1. The van der Waals surface area contributed by atoms with E-state index >= 15 is 0 Å². The standard InChI is InChI=1S/C16H23NO4/c1-12(2)11-21-14-8-6-13(7-9-14)16(20)17(3)10-4-5-15(18)19/h6-9,12H,4-5,10-11H2,1-3H3,(H,18,19). The highest BCUT2D eigenvalue weighted by Crippen LogP contribution is 2.14. The quantitative estimate of drug-likeness (QED) is 0.800. The zero-order chi connectivity index (χ0) is 15.8. The lowest BCUT2D eigenvalue weighted by Gasteiger charge is -2.17. The Bertz CT molecular complexity index is 468. The van der Waals surface area contributed by atoms with Crippen molar-refractivity contribution in [2.45, 2.75) is 26.7 Å². The minimum atomic E-state index is -0.845. The van der Waals surface area contributed by atoms with Crippen molar-refractivity contribution >= 4 is 11.9 Å². The second-order valence-electron chi connectivity index (χ2n) is 5.45. The molecule has 0 radical (unpaired) electrons. The van der Waals surface area contributed by atoms with Crippen LogP contribution < -0.4 is 4.74 Å². The molecule has 0 heterocycles. The van der Waals surface area contributed by atoms with Crippen molar-refractivity contribution in [3.8, 4) is 5.75 Å². The maximum Gasteiger partial charge on any atom is 0.303 e. The van der Waals surface area contributed by atoms with Gasteiger partial charge in [0, 0.05) is 25.6 Å². The fourth-order valence-electron chi connectivity index (χ4n) is 1.75. The first kappa shape index (κ1) is 17.0. The minimum Gasteiger partial charge on any atom is -0.493 e. The molecular formula is C16H23NO4. The van der Waals surface area contributed by atoms with Crippen LogP contribution in [0.5, 0.6) is 5.75 Å². The molecular weight excluding hydrogens is 270 g/mol. The predicted molar refractivity (Wildman–Crippen MR) is 80.6 cm³/mol. The van der Waals surface area contributed by atoms with Crippen molar-refractivity contribution in [3.63, 3.8) is 0 Å². The number of carboxylic acids is 1. The molecule has 0 unspecified atom stereocenters. The molecule has 1 N–H and O–H groups in total. The van der Waals surface area contributed by atoms with Crippen molar-refractivity contribution in [2.24, 2.45) is 5.92 Å². The van der Waals surface area contributed by atoms with Crippen molar-refractivity contribution in [2.75, 3.05) is 20.2 Å². The van der Waals surface area contributed by atoms with Gasteiger partial charge in [-0.15, -0.1) is 0 Å². The number of ether oxygens (including phenoxy) is 1.